The lowest BCUT2D eigenvalue weighted by atomic mass is 10.0. The van der Waals surface area contributed by atoms with E-state index in [0.29, 0.717) is 6.54 Å². The van der Waals surface area contributed by atoms with Crippen molar-refractivity contribution in [1.29, 1.82) is 0 Å². The van der Waals surface area contributed by atoms with Crippen LogP contribution in [0.5, 0.6) is 0 Å². The van der Waals surface area contributed by atoms with Crippen molar-refractivity contribution in [2.45, 2.75) is 54.4 Å². The second-order valence-corrected chi connectivity index (χ2v) is 8.25. The van der Waals surface area contributed by atoms with Crippen LogP contribution in [0.1, 0.15) is 46.6 Å². The second-order valence-electron chi connectivity index (χ2n) is 8.25. The quantitative estimate of drug-likeness (QED) is 0.421. The van der Waals surface area contributed by atoms with E-state index < -0.39 is 0 Å². The highest BCUT2D eigenvalue weighted by atomic mass is 16.2. The first-order chi connectivity index (χ1) is 14.3. The van der Waals surface area contributed by atoms with Crippen LogP contribution in [0.25, 0.3) is 16.7 Å². The predicted molar refractivity (Wildman–Crippen MR) is 126 cm³/mol. The number of hydrogen-bond acceptors (Lipinski definition) is 4. The molecule has 0 saturated heterocycles. The maximum atomic E-state index is 9.21. The molecule has 0 radical (unpaired) electrons. The molecule has 3 rings (SSSR count). The summed E-state index contributed by atoms with van der Waals surface area (Å²) in [4.78, 5) is 12.0. The summed E-state index contributed by atoms with van der Waals surface area (Å²) in [7, 11) is 0. The molecular formula is C25H34N4O. The van der Waals surface area contributed by atoms with Crippen LogP contribution in [-0.4, -0.2) is 39.3 Å². The molecule has 2 aromatic heterocycles. The Hall–Kier alpha value is -2.66. The maximum Gasteiger partial charge on any atom is 0.150 e. The van der Waals surface area contributed by atoms with Gasteiger partial charge in [-0.2, -0.15) is 0 Å². The molecule has 0 fully saturated rings. The molecule has 0 aliphatic heterocycles. The minimum Gasteiger partial charge on any atom is -0.396 e. The summed E-state index contributed by atoms with van der Waals surface area (Å²) in [6.07, 6.45) is 3.60. The average Bonchev–Trinajstić information content (AvgIpc) is 2.91. The Bertz CT molecular complexity index is 1060. The number of unbranched alkanes of at least 4 members (excludes halogenated alkanes) is 1. The lowest BCUT2D eigenvalue weighted by molar-refractivity contribution is 0.285. The van der Waals surface area contributed by atoms with E-state index >= 15 is 0 Å². The SMILES string of the molecule is C=CCN(CCCCO)c1nc(C)nc2c1c(C)c(C)n2-c1c(C)cc(C)cc1C. The first-order valence-corrected chi connectivity index (χ1v) is 10.7. The van der Waals surface area contributed by atoms with E-state index in [2.05, 4.69) is 62.8 Å². The lowest BCUT2D eigenvalue weighted by Crippen LogP contribution is -2.26. The Kier molecular flexibility index (Phi) is 6.61. The molecule has 160 valence electrons. The third kappa shape index (κ3) is 3.99. The van der Waals surface area contributed by atoms with Crippen LogP contribution in [0.3, 0.4) is 0 Å². The molecule has 0 bridgehead atoms. The molecule has 30 heavy (non-hydrogen) atoms. The van der Waals surface area contributed by atoms with E-state index in [-0.39, 0.29) is 6.61 Å². The molecular weight excluding hydrogens is 372 g/mol. The van der Waals surface area contributed by atoms with Gasteiger partial charge in [-0.3, -0.25) is 4.57 Å². The van der Waals surface area contributed by atoms with Crippen molar-refractivity contribution in [1.82, 2.24) is 14.5 Å². The van der Waals surface area contributed by atoms with Gasteiger partial charge in [0, 0.05) is 25.4 Å². The third-order valence-electron chi connectivity index (χ3n) is 5.79. The van der Waals surface area contributed by atoms with Gasteiger partial charge in [-0.15, -0.1) is 6.58 Å². The summed E-state index contributed by atoms with van der Waals surface area (Å²) in [6.45, 7) is 18.4. The molecule has 0 unspecified atom stereocenters. The predicted octanol–water partition coefficient (Wildman–Crippen LogP) is 5.04. The zero-order chi connectivity index (χ0) is 22.0. The molecule has 0 spiro atoms. The Morgan fingerprint density at radius 2 is 1.70 bits per heavy atom. The fourth-order valence-electron chi connectivity index (χ4n) is 4.43. The molecule has 0 saturated carbocycles. The van der Waals surface area contributed by atoms with Crippen molar-refractivity contribution in [3.8, 4) is 5.69 Å². The normalized spacial score (nSPS) is 11.3. The largest absolute Gasteiger partial charge is 0.396 e. The minimum absolute atomic E-state index is 0.209. The first-order valence-electron chi connectivity index (χ1n) is 10.7. The monoisotopic (exact) mass is 406 g/mol. The van der Waals surface area contributed by atoms with Gasteiger partial charge in [-0.05, 0) is 71.1 Å². The number of aliphatic hydroxyl groups excluding tert-OH is 1. The number of hydrogen-bond donors (Lipinski definition) is 1. The Balaban J connectivity index is 2.29. The van der Waals surface area contributed by atoms with Crippen LogP contribution < -0.4 is 4.90 Å². The van der Waals surface area contributed by atoms with Gasteiger partial charge in [0.25, 0.3) is 0 Å². The summed E-state index contributed by atoms with van der Waals surface area (Å²) >= 11 is 0. The highest BCUT2D eigenvalue weighted by Crippen LogP contribution is 2.35. The van der Waals surface area contributed by atoms with Crippen LogP contribution in [0.15, 0.2) is 24.8 Å². The molecule has 0 aliphatic carbocycles. The molecule has 1 N–H and O–H groups in total. The van der Waals surface area contributed by atoms with Crippen LogP contribution >= 0.6 is 0 Å². The number of anilines is 1. The number of nitrogens with zero attached hydrogens (tertiary/aromatic N) is 4. The van der Waals surface area contributed by atoms with Crippen LogP contribution in [0.4, 0.5) is 5.82 Å². The van der Waals surface area contributed by atoms with Crippen LogP contribution in [-0.2, 0) is 0 Å². The van der Waals surface area contributed by atoms with Gasteiger partial charge in [0.1, 0.15) is 11.6 Å². The topological polar surface area (TPSA) is 54.2 Å². The van der Waals surface area contributed by atoms with E-state index in [0.717, 1.165) is 42.1 Å². The number of fused-ring (bicyclic) bond motifs is 1. The number of aliphatic hydroxyl groups is 1. The van der Waals surface area contributed by atoms with Crippen LogP contribution in [0, 0.1) is 41.5 Å². The standard InChI is InChI=1S/C25H34N4O/c1-8-11-28(12-9-10-13-30)24-22-19(5)20(6)29(25(22)27-21(7)26-24)23-17(3)14-16(2)15-18(23)4/h8,14-15,30H,1,9-13H2,2-7H3. The van der Waals surface area contributed by atoms with Gasteiger partial charge in [0.05, 0.1) is 11.1 Å². The summed E-state index contributed by atoms with van der Waals surface area (Å²) in [6, 6.07) is 4.47. The number of aryl methyl sites for hydroxylation is 5. The summed E-state index contributed by atoms with van der Waals surface area (Å²) in [5, 5.41) is 10.3. The van der Waals surface area contributed by atoms with Crippen molar-refractivity contribution in [3.63, 3.8) is 0 Å². The fraction of sp³-hybridized carbons (Fsp3) is 0.440. The maximum absolute atomic E-state index is 9.21. The molecule has 1 aromatic carbocycles. The fourth-order valence-corrected chi connectivity index (χ4v) is 4.43. The minimum atomic E-state index is 0.209. The number of rotatable bonds is 8. The molecule has 0 amide bonds. The molecule has 5 nitrogen and oxygen atoms in total. The average molecular weight is 407 g/mol. The van der Waals surface area contributed by atoms with E-state index in [9.17, 15) is 5.11 Å². The van der Waals surface area contributed by atoms with Crippen molar-refractivity contribution in [2.75, 3.05) is 24.6 Å². The lowest BCUT2D eigenvalue weighted by Gasteiger charge is -2.23. The molecule has 3 aromatic rings. The van der Waals surface area contributed by atoms with Crippen molar-refractivity contribution < 1.29 is 5.11 Å². The number of benzene rings is 1. The van der Waals surface area contributed by atoms with Gasteiger partial charge >= 0.3 is 0 Å². The first kappa shape index (κ1) is 22.0. The van der Waals surface area contributed by atoms with Gasteiger partial charge in [-0.25, -0.2) is 9.97 Å². The molecule has 0 atom stereocenters. The Labute approximate surface area is 180 Å². The Morgan fingerprint density at radius 1 is 1.03 bits per heavy atom. The second kappa shape index (κ2) is 9.00. The zero-order valence-corrected chi connectivity index (χ0v) is 19.2. The van der Waals surface area contributed by atoms with Crippen molar-refractivity contribution in [3.05, 3.63) is 58.6 Å². The third-order valence-corrected chi connectivity index (χ3v) is 5.79. The molecule has 0 aliphatic rings. The summed E-state index contributed by atoms with van der Waals surface area (Å²) in [5.74, 6) is 1.71. The van der Waals surface area contributed by atoms with Gasteiger partial charge in [0.15, 0.2) is 5.65 Å². The van der Waals surface area contributed by atoms with Crippen molar-refractivity contribution in [2.24, 2.45) is 0 Å². The van der Waals surface area contributed by atoms with E-state index in [1.807, 2.05) is 13.0 Å². The smallest absolute Gasteiger partial charge is 0.150 e. The van der Waals surface area contributed by atoms with Gasteiger partial charge in [-0.1, -0.05) is 23.8 Å². The highest BCUT2D eigenvalue weighted by Gasteiger charge is 2.23. The molecule has 2 heterocycles. The van der Waals surface area contributed by atoms with Crippen LogP contribution in [0.2, 0.25) is 0 Å². The Morgan fingerprint density at radius 3 is 2.30 bits per heavy atom. The number of aromatic nitrogens is 3. The van der Waals surface area contributed by atoms with Crippen molar-refractivity contribution >= 4 is 16.9 Å². The van der Waals surface area contributed by atoms with E-state index in [4.69, 9.17) is 9.97 Å². The summed E-state index contributed by atoms with van der Waals surface area (Å²) < 4.78 is 2.30. The highest BCUT2D eigenvalue weighted by molar-refractivity contribution is 5.94. The van der Waals surface area contributed by atoms with E-state index in [1.54, 1.807) is 0 Å². The summed E-state index contributed by atoms with van der Waals surface area (Å²) in [5.41, 5.74) is 8.32. The zero-order valence-electron chi connectivity index (χ0n) is 19.2. The van der Waals surface area contributed by atoms with Gasteiger partial charge < -0.3 is 10.0 Å². The van der Waals surface area contributed by atoms with Gasteiger partial charge in [0.2, 0.25) is 0 Å². The molecule has 5 heteroatoms. The van der Waals surface area contributed by atoms with E-state index in [1.165, 1.54) is 33.6 Å².